The van der Waals surface area contributed by atoms with Gasteiger partial charge in [0, 0.05) is 17.3 Å². The fraction of sp³-hybridized carbons (Fsp3) is 0.769. The van der Waals surface area contributed by atoms with Crippen LogP contribution in [0.5, 0.6) is 0 Å². The van der Waals surface area contributed by atoms with Gasteiger partial charge in [0.2, 0.25) is 0 Å². The van der Waals surface area contributed by atoms with E-state index in [0.29, 0.717) is 0 Å². The number of hydrogen-bond acceptors (Lipinski definition) is 2. The third-order valence-corrected chi connectivity index (χ3v) is 4.61. The van der Waals surface area contributed by atoms with Gasteiger partial charge in [-0.2, -0.15) is 0 Å². The Morgan fingerprint density at radius 1 is 1.47 bits per heavy atom. The first-order chi connectivity index (χ1) is 6.87. The summed E-state index contributed by atoms with van der Waals surface area (Å²) in [4.78, 5) is 12.1. The first-order valence-corrected chi connectivity index (χ1v) is 5.70. The highest BCUT2D eigenvalue weighted by Crippen LogP contribution is 2.71. The standard InChI is InChI=1S/C13H20O2/c1-5-6-7-13(4)8-9(13)11(15)12(2,3)10(8)14/h5,8-10,14H,1,6-7H2,2-4H3/t8-,9+,10+,13+/m1/s1. The van der Waals surface area contributed by atoms with Gasteiger partial charge in [-0.05, 0) is 18.3 Å². The van der Waals surface area contributed by atoms with Crippen molar-refractivity contribution in [3.05, 3.63) is 12.7 Å². The number of rotatable bonds is 3. The molecule has 0 spiro atoms. The Morgan fingerprint density at radius 2 is 2.07 bits per heavy atom. The molecule has 0 aromatic rings. The minimum Gasteiger partial charge on any atom is -0.392 e. The van der Waals surface area contributed by atoms with Crippen molar-refractivity contribution in [2.45, 2.75) is 39.7 Å². The predicted octanol–water partition coefficient (Wildman–Crippen LogP) is 2.17. The van der Waals surface area contributed by atoms with Crippen LogP contribution in [0.1, 0.15) is 33.6 Å². The Balaban J connectivity index is 2.16. The third kappa shape index (κ3) is 1.17. The molecule has 15 heavy (non-hydrogen) atoms. The van der Waals surface area contributed by atoms with Crippen molar-refractivity contribution in [1.29, 1.82) is 0 Å². The SMILES string of the molecule is C=CCC[C@@]1(C)[C@@H]2[C@H]1C(=O)C(C)(C)[C@H]2O. The van der Waals surface area contributed by atoms with E-state index in [1.807, 2.05) is 19.9 Å². The smallest absolute Gasteiger partial charge is 0.145 e. The number of hydrogen-bond donors (Lipinski definition) is 1. The van der Waals surface area contributed by atoms with Crippen LogP contribution >= 0.6 is 0 Å². The molecule has 0 aliphatic heterocycles. The summed E-state index contributed by atoms with van der Waals surface area (Å²) in [6.45, 7) is 9.55. The second kappa shape index (κ2) is 2.94. The Labute approximate surface area is 91.4 Å². The van der Waals surface area contributed by atoms with Crippen molar-refractivity contribution in [3.63, 3.8) is 0 Å². The zero-order valence-corrected chi connectivity index (χ0v) is 9.79. The molecule has 1 N–H and O–H groups in total. The van der Waals surface area contributed by atoms with Gasteiger partial charge in [0.05, 0.1) is 6.10 Å². The summed E-state index contributed by atoms with van der Waals surface area (Å²) in [5.74, 6) is 0.550. The molecule has 2 fully saturated rings. The van der Waals surface area contributed by atoms with E-state index in [4.69, 9.17) is 0 Å². The lowest BCUT2D eigenvalue weighted by Gasteiger charge is -2.29. The van der Waals surface area contributed by atoms with E-state index < -0.39 is 11.5 Å². The van der Waals surface area contributed by atoms with Crippen molar-refractivity contribution in [2.24, 2.45) is 22.7 Å². The minimum absolute atomic E-state index is 0.0419. The zero-order valence-electron chi connectivity index (χ0n) is 9.79. The molecule has 84 valence electrons. The normalized spacial score (nSPS) is 46.4. The summed E-state index contributed by atoms with van der Waals surface area (Å²) in [6, 6.07) is 0. The molecule has 2 nitrogen and oxygen atoms in total. The van der Waals surface area contributed by atoms with E-state index >= 15 is 0 Å². The molecule has 0 heterocycles. The maximum atomic E-state index is 12.1. The van der Waals surface area contributed by atoms with Crippen molar-refractivity contribution >= 4 is 5.78 Å². The number of Topliss-reactive ketones (excluding diaryl/α,β-unsaturated/α-hetero) is 1. The molecule has 0 aromatic carbocycles. The monoisotopic (exact) mass is 208 g/mol. The second-order valence-corrected chi connectivity index (χ2v) is 5.87. The largest absolute Gasteiger partial charge is 0.392 e. The topological polar surface area (TPSA) is 37.3 Å². The number of aliphatic hydroxyl groups is 1. The van der Waals surface area contributed by atoms with E-state index in [9.17, 15) is 9.90 Å². The van der Waals surface area contributed by atoms with E-state index in [1.54, 1.807) is 0 Å². The molecule has 2 rings (SSSR count). The van der Waals surface area contributed by atoms with Crippen LogP contribution in [0.2, 0.25) is 0 Å². The lowest BCUT2D eigenvalue weighted by atomic mass is 9.77. The maximum absolute atomic E-state index is 12.1. The number of allylic oxidation sites excluding steroid dienone is 1. The molecule has 2 saturated carbocycles. The Hall–Kier alpha value is -0.630. The highest BCUT2D eigenvalue weighted by molar-refractivity contribution is 5.94. The average molecular weight is 208 g/mol. The van der Waals surface area contributed by atoms with E-state index in [0.717, 1.165) is 12.8 Å². The van der Waals surface area contributed by atoms with Crippen LogP contribution in [0.25, 0.3) is 0 Å². The van der Waals surface area contributed by atoms with Crippen LogP contribution in [0.15, 0.2) is 12.7 Å². The Bertz CT molecular complexity index is 318. The van der Waals surface area contributed by atoms with Gasteiger partial charge in [-0.1, -0.05) is 26.8 Å². The van der Waals surface area contributed by atoms with Crippen LogP contribution in [-0.4, -0.2) is 17.0 Å². The van der Waals surface area contributed by atoms with Crippen molar-refractivity contribution in [3.8, 4) is 0 Å². The first kappa shape index (κ1) is 10.9. The molecule has 0 amide bonds. The number of fused-ring (bicyclic) bond motifs is 1. The first-order valence-electron chi connectivity index (χ1n) is 5.70. The van der Waals surface area contributed by atoms with Gasteiger partial charge in [0.15, 0.2) is 0 Å². The lowest BCUT2D eigenvalue weighted by Crippen LogP contribution is -2.37. The van der Waals surface area contributed by atoms with Crippen LogP contribution < -0.4 is 0 Å². The molecule has 0 saturated heterocycles. The third-order valence-electron chi connectivity index (χ3n) is 4.61. The van der Waals surface area contributed by atoms with Crippen LogP contribution in [0.3, 0.4) is 0 Å². The predicted molar refractivity (Wildman–Crippen MR) is 59.3 cm³/mol. The fourth-order valence-electron chi connectivity index (χ4n) is 3.34. The van der Waals surface area contributed by atoms with Gasteiger partial charge in [-0.15, -0.1) is 6.58 Å². The molecular weight excluding hydrogens is 188 g/mol. The fourth-order valence-corrected chi connectivity index (χ4v) is 3.34. The molecular formula is C13H20O2. The molecule has 2 aliphatic carbocycles. The van der Waals surface area contributed by atoms with Gasteiger partial charge in [0.25, 0.3) is 0 Å². The van der Waals surface area contributed by atoms with Crippen LogP contribution in [-0.2, 0) is 4.79 Å². The van der Waals surface area contributed by atoms with Crippen LogP contribution in [0, 0.1) is 22.7 Å². The summed E-state index contributed by atoms with van der Waals surface area (Å²) >= 11 is 0. The quantitative estimate of drug-likeness (QED) is 0.722. The van der Waals surface area contributed by atoms with Gasteiger partial charge >= 0.3 is 0 Å². The van der Waals surface area contributed by atoms with Crippen molar-refractivity contribution in [1.82, 2.24) is 0 Å². The number of aliphatic hydroxyl groups excluding tert-OH is 1. The average Bonchev–Trinajstić information content (AvgIpc) is 2.73. The molecule has 2 aliphatic rings. The Morgan fingerprint density at radius 3 is 2.47 bits per heavy atom. The minimum atomic E-state index is -0.525. The summed E-state index contributed by atoms with van der Waals surface area (Å²) in [5, 5.41) is 10.1. The van der Waals surface area contributed by atoms with E-state index in [-0.39, 0.29) is 23.0 Å². The van der Waals surface area contributed by atoms with Gasteiger partial charge in [-0.25, -0.2) is 0 Å². The van der Waals surface area contributed by atoms with Gasteiger partial charge < -0.3 is 5.11 Å². The molecule has 0 unspecified atom stereocenters. The van der Waals surface area contributed by atoms with Crippen LogP contribution in [0.4, 0.5) is 0 Å². The maximum Gasteiger partial charge on any atom is 0.145 e. The number of carbonyl (C=O) groups excluding carboxylic acids is 1. The molecule has 0 radical (unpaired) electrons. The van der Waals surface area contributed by atoms with E-state index in [2.05, 4.69) is 13.5 Å². The highest BCUT2D eigenvalue weighted by Gasteiger charge is 2.75. The van der Waals surface area contributed by atoms with Gasteiger partial charge in [0.1, 0.15) is 5.78 Å². The summed E-state index contributed by atoms with van der Waals surface area (Å²) in [5.41, 5.74) is -0.483. The highest BCUT2D eigenvalue weighted by atomic mass is 16.3. The van der Waals surface area contributed by atoms with Crippen molar-refractivity contribution < 1.29 is 9.90 Å². The van der Waals surface area contributed by atoms with E-state index in [1.165, 1.54) is 0 Å². The Kier molecular flexibility index (Phi) is 2.13. The summed E-state index contributed by atoms with van der Waals surface area (Å²) < 4.78 is 0. The molecule has 0 bridgehead atoms. The number of ketones is 1. The van der Waals surface area contributed by atoms with Gasteiger partial charge in [-0.3, -0.25) is 4.79 Å². The summed E-state index contributed by atoms with van der Waals surface area (Å²) in [6.07, 6.45) is 3.35. The second-order valence-electron chi connectivity index (χ2n) is 5.87. The molecule has 4 atom stereocenters. The lowest BCUT2D eigenvalue weighted by molar-refractivity contribution is -0.131. The zero-order chi connectivity index (χ0) is 11.4. The summed E-state index contributed by atoms with van der Waals surface area (Å²) in [7, 11) is 0. The number of carbonyl (C=O) groups is 1. The molecule has 0 aromatic heterocycles. The van der Waals surface area contributed by atoms with Crippen molar-refractivity contribution in [2.75, 3.05) is 0 Å². The molecule has 2 heteroatoms.